The molecular formula is C45H47F5N4O8. The van der Waals surface area contributed by atoms with Gasteiger partial charge in [0.2, 0.25) is 5.91 Å². The molecule has 17 heteroatoms. The zero-order valence-corrected chi connectivity index (χ0v) is 34.0. The first-order chi connectivity index (χ1) is 29.2. The lowest BCUT2D eigenvalue weighted by Crippen LogP contribution is -2.45. The van der Waals surface area contributed by atoms with Crippen LogP contribution in [0.4, 0.5) is 22.0 Å². The molecule has 4 aromatic carbocycles. The first kappa shape index (κ1) is 47.0. The van der Waals surface area contributed by atoms with Gasteiger partial charge in [0.1, 0.15) is 12.4 Å². The molecule has 1 saturated heterocycles. The van der Waals surface area contributed by atoms with Crippen LogP contribution in [0.1, 0.15) is 49.2 Å². The number of halogens is 5. The maximum Gasteiger partial charge on any atom is 0.416 e. The van der Waals surface area contributed by atoms with Crippen LogP contribution in [0.2, 0.25) is 0 Å². The van der Waals surface area contributed by atoms with Gasteiger partial charge in [0.15, 0.2) is 23.8 Å². The van der Waals surface area contributed by atoms with E-state index >= 15 is 0 Å². The summed E-state index contributed by atoms with van der Waals surface area (Å²) in [5.41, 5.74) is 1.43. The Morgan fingerprint density at radius 3 is 1.95 bits per heavy atom. The normalized spacial score (nSPS) is 14.2. The highest BCUT2D eigenvalue weighted by molar-refractivity contribution is 5.83. The molecule has 62 heavy (non-hydrogen) atoms. The fourth-order valence-electron chi connectivity index (χ4n) is 7.35. The Labute approximate surface area is 353 Å². The van der Waals surface area contributed by atoms with Crippen molar-refractivity contribution in [3.63, 3.8) is 0 Å². The number of aliphatic hydroxyl groups excluding tert-OH is 2. The Morgan fingerprint density at radius 1 is 0.790 bits per heavy atom. The van der Waals surface area contributed by atoms with E-state index in [1.165, 1.54) is 24.3 Å². The topological polar surface area (TPSA) is 174 Å². The van der Waals surface area contributed by atoms with E-state index in [4.69, 9.17) is 20.4 Å². The highest BCUT2D eigenvalue weighted by Gasteiger charge is 2.32. The average molecular weight is 867 g/mol. The smallest absolute Gasteiger partial charge is 0.416 e. The molecule has 330 valence electrons. The fraction of sp³-hybridized carbons (Fsp3) is 0.356. The summed E-state index contributed by atoms with van der Waals surface area (Å²) in [6.07, 6.45) is -6.51. The molecule has 2 heterocycles. The van der Waals surface area contributed by atoms with Crippen molar-refractivity contribution in [1.29, 1.82) is 0 Å². The molecule has 2 atom stereocenters. The number of alkyl halides is 3. The number of rotatable bonds is 15. The van der Waals surface area contributed by atoms with E-state index in [2.05, 4.69) is 23.7 Å². The van der Waals surface area contributed by atoms with Gasteiger partial charge in [-0.15, -0.1) is 0 Å². The summed E-state index contributed by atoms with van der Waals surface area (Å²) in [6, 6.07) is 23.3. The average Bonchev–Trinajstić information content (AvgIpc) is 3.74. The summed E-state index contributed by atoms with van der Waals surface area (Å²) < 4.78 is 69.6. The Morgan fingerprint density at radius 2 is 1.37 bits per heavy atom. The van der Waals surface area contributed by atoms with Gasteiger partial charge in [-0.05, 0) is 90.4 Å². The number of aryl methyl sites for hydroxylation is 2. The van der Waals surface area contributed by atoms with Crippen LogP contribution >= 0.6 is 0 Å². The highest BCUT2D eigenvalue weighted by atomic mass is 19.4. The van der Waals surface area contributed by atoms with E-state index in [1.807, 2.05) is 24.3 Å². The van der Waals surface area contributed by atoms with Gasteiger partial charge in [0.05, 0.1) is 16.5 Å². The molecule has 2 unspecified atom stereocenters. The van der Waals surface area contributed by atoms with Crippen LogP contribution in [0.5, 0.6) is 0 Å². The minimum absolute atomic E-state index is 0.0699. The summed E-state index contributed by atoms with van der Waals surface area (Å²) in [5.74, 6) is -5.38. The van der Waals surface area contributed by atoms with E-state index < -0.39 is 53.1 Å². The standard InChI is InChI=1S/C41H41F5N4O2.C4H6O6/c1-40(2,26-48-22-5-6-23-48)27-49(24-28-12-14-29(15-13-28)30-16-19-32(20-17-30)41(44,45)46)37(51)25-50-35-11-4-3-9-33(35)39(52)47-36(50)21-18-31-8-7-10-34(42)38(31)43;5-1(3(7)8)2(6)4(9)10/h3-4,7-17,19-20H,5-6,18,21-27H2,1-2H3;1-2,5-6H,(H,7,8)(H,9,10). The number of benzene rings is 4. The van der Waals surface area contributed by atoms with Crippen LogP contribution < -0.4 is 5.56 Å². The van der Waals surface area contributed by atoms with Gasteiger partial charge in [-0.2, -0.15) is 18.2 Å². The molecule has 1 fully saturated rings. The molecule has 1 aromatic heterocycles. The van der Waals surface area contributed by atoms with E-state index in [1.54, 1.807) is 33.7 Å². The zero-order valence-electron chi connectivity index (χ0n) is 34.0. The van der Waals surface area contributed by atoms with Crippen molar-refractivity contribution in [1.82, 2.24) is 19.4 Å². The number of likely N-dealkylation sites (tertiary alicyclic amines) is 1. The molecule has 5 aromatic rings. The summed E-state index contributed by atoms with van der Waals surface area (Å²) in [4.78, 5) is 55.6. The first-order valence-electron chi connectivity index (χ1n) is 19.7. The summed E-state index contributed by atoms with van der Waals surface area (Å²) in [7, 11) is 0. The van der Waals surface area contributed by atoms with Crippen molar-refractivity contribution in [2.75, 3.05) is 26.2 Å². The largest absolute Gasteiger partial charge is 0.479 e. The summed E-state index contributed by atoms with van der Waals surface area (Å²) >= 11 is 0. The quantitative estimate of drug-likeness (QED) is 0.0892. The van der Waals surface area contributed by atoms with Crippen LogP contribution in [-0.4, -0.2) is 96.0 Å². The number of nitrogens with zero attached hydrogens (tertiary/aromatic N) is 4. The van der Waals surface area contributed by atoms with E-state index in [9.17, 15) is 41.1 Å². The number of hydrogen-bond donors (Lipinski definition) is 4. The van der Waals surface area contributed by atoms with Crippen molar-refractivity contribution < 1.29 is 56.8 Å². The third-order valence-corrected chi connectivity index (χ3v) is 10.4. The van der Waals surface area contributed by atoms with Crippen LogP contribution in [0, 0.1) is 17.0 Å². The number of carbonyl (C=O) groups is 3. The molecule has 0 bridgehead atoms. The van der Waals surface area contributed by atoms with Crippen LogP contribution in [0.3, 0.4) is 0 Å². The molecule has 1 amide bonds. The van der Waals surface area contributed by atoms with Gasteiger partial charge in [0.25, 0.3) is 5.56 Å². The monoisotopic (exact) mass is 866 g/mol. The lowest BCUT2D eigenvalue weighted by molar-refractivity contribution is -0.165. The SMILES string of the molecule is CC(C)(CN1CCCC1)CN(Cc1ccc(-c2ccc(C(F)(F)F)cc2)cc1)C(=O)Cn1c(CCc2cccc(F)c2F)nc(=O)c2ccccc21.O=C(O)C(O)C(O)C(=O)O. The number of aliphatic hydroxyl groups is 2. The number of carboxylic acids is 2. The molecule has 0 aliphatic carbocycles. The van der Waals surface area contributed by atoms with E-state index in [-0.39, 0.29) is 48.6 Å². The van der Waals surface area contributed by atoms with Crippen LogP contribution in [-0.2, 0) is 46.5 Å². The number of carbonyl (C=O) groups excluding carboxylic acids is 1. The molecule has 0 spiro atoms. The second-order valence-electron chi connectivity index (χ2n) is 15.9. The maximum atomic E-state index is 14.6. The number of aliphatic carboxylic acids is 2. The van der Waals surface area contributed by atoms with Gasteiger partial charge in [-0.3, -0.25) is 9.59 Å². The van der Waals surface area contributed by atoms with Crippen LogP contribution in [0.15, 0.2) is 95.8 Å². The van der Waals surface area contributed by atoms with E-state index in [0.29, 0.717) is 23.0 Å². The lowest BCUT2D eigenvalue weighted by Gasteiger charge is -2.36. The Bertz CT molecular complexity index is 2400. The predicted molar refractivity (Wildman–Crippen MR) is 219 cm³/mol. The Kier molecular flexibility index (Phi) is 15.3. The van der Waals surface area contributed by atoms with Crippen molar-refractivity contribution >= 4 is 28.7 Å². The molecule has 6 rings (SSSR count). The van der Waals surface area contributed by atoms with Gasteiger partial charge in [-0.1, -0.05) is 74.5 Å². The van der Waals surface area contributed by atoms with Crippen LogP contribution in [0.25, 0.3) is 22.0 Å². The molecule has 1 aliphatic heterocycles. The second kappa shape index (κ2) is 20.2. The third-order valence-electron chi connectivity index (χ3n) is 10.4. The third kappa shape index (κ3) is 12.3. The predicted octanol–water partition coefficient (Wildman–Crippen LogP) is 6.17. The Hall–Kier alpha value is -6.04. The number of fused-ring (bicyclic) bond motifs is 1. The molecule has 0 saturated carbocycles. The van der Waals surface area contributed by atoms with Crippen molar-refractivity contribution in [2.45, 2.75) is 71.0 Å². The van der Waals surface area contributed by atoms with Crippen molar-refractivity contribution in [3.05, 3.63) is 135 Å². The number of amides is 1. The number of para-hydroxylation sites is 1. The molecule has 0 radical (unpaired) electrons. The molecule has 12 nitrogen and oxygen atoms in total. The Balaban J connectivity index is 0.000000646. The number of carboxylic acid groups (broad SMARTS) is 2. The lowest BCUT2D eigenvalue weighted by atomic mass is 9.91. The van der Waals surface area contributed by atoms with E-state index in [0.717, 1.165) is 61.8 Å². The van der Waals surface area contributed by atoms with Crippen molar-refractivity contribution in [2.24, 2.45) is 5.41 Å². The minimum Gasteiger partial charge on any atom is -0.479 e. The number of aromatic nitrogens is 2. The van der Waals surface area contributed by atoms with Gasteiger partial charge < -0.3 is 34.8 Å². The van der Waals surface area contributed by atoms with Gasteiger partial charge >= 0.3 is 18.1 Å². The molecule has 1 aliphatic rings. The zero-order chi connectivity index (χ0) is 45.4. The molecule has 4 N–H and O–H groups in total. The highest BCUT2D eigenvalue weighted by Crippen LogP contribution is 2.31. The molecular weight excluding hydrogens is 820 g/mol. The van der Waals surface area contributed by atoms with Crippen molar-refractivity contribution in [3.8, 4) is 11.1 Å². The first-order valence-corrected chi connectivity index (χ1v) is 19.7. The fourth-order valence-corrected chi connectivity index (χ4v) is 7.35. The van der Waals surface area contributed by atoms with Gasteiger partial charge in [-0.25, -0.2) is 18.4 Å². The maximum absolute atomic E-state index is 14.6. The minimum atomic E-state index is -4.42. The number of hydrogen-bond acceptors (Lipinski definition) is 8. The van der Waals surface area contributed by atoms with Gasteiger partial charge in [0, 0.05) is 26.1 Å². The summed E-state index contributed by atoms with van der Waals surface area (Å²) in [6.45, 7) is 7.64. The second-order valence-corrected chi connectivity index (χ2v) is 15.9. The summed E-state index contributed by atoms with van der Waals surface area (Å²) in [5, 5.41) is 32.9.